The van der Waals surface area contributed by atoms with Crippen molar-refractivity contribution in [1.29, 1.82) is 0 Å². The second-order valence-electron chi connectivity index (χ2n) is 6.93. The molecule has 0 aliphatic carbocycles. The van der Waals surface area contributed by atoms with Crippen molar-refractivity contribution >= 4 is 5.91 Å². The fourth-order valence-corrected chi connectivity index (χ4v) is 3.74. The van der Waals surface area contributed by atoms with Crippen LogP contribution in [0.5, 0.6) is 0 Å². The average molecular weight is 318 g/mol. The first-order chi connectivity index (χ1) is 11.2. The summed E-state index contributed by atoms with van der Waals surface area (Å²) in [6.07, 6.45) is 8.94. The van der Waals surface area contributed by atoms with Gasteiger partial charge in [0.25, 0.3) is 0 Å². The number of carbonyl (C=O) groups is 1. The second-order valence-corrected chi connectivity index (χ2v) is 6.93. The molecule has 128 valence electrons. The second kappa shape index (κ2) is 7.97. The molecule has 1 aromatic rings. The van der Waals surface area contributed by atoms with Gasteiger partial charge < -0.3 is 9.47 Å². The summed E-state index contributed by atoms with van der Waals surface area (Å²) in [5.41, 5.74) is 0. The summed E-state index contributed by atoms with van der Waals surface area (Å²) in [4.78, 5) is 19.7. The fraction of sp³-hybridized carbons (Fsp3) is 0.722. The number of nitrogens with zero attached hydrogens (tertiary/aromatic N) is 4. The molecule has 0 spiro atoms. The van der Waals surface area contributed by atoms with Gasteiger partial charge in [0.2, 0.25) is 5.91 Å². The van der Waals surface area contributed by atoms with Crippen LogP contribution in [0, 0.1) is 0 Å². The lowest BCUT2D eigenvalue weighted by molar-refractivity contribution is -0.138. The summed E-state index contributed by atoms with van der Waals surface area (Å²) in [6.45, 7) is 6.94. The van der Waals surface area contributed by atoms with Crippen LogP contribution in [0.25, 0.3) is 0 Å². The van der Waals surface area contributed by atoms with Crippen molar-refractivity contribution in [1.82, 2.24) is 19.3 Å². The van der Waals surface area contributed by atoms with E-state index >= 15 is 0 Å². The largest absolute Gasteiger partial charge is 0.353 e. The maximum Gasteiger partial charge on any atom is 0.240 e. The Kier molecular flexibility index (Phi) is 5.73. The first-order valence-electron chi connectivity index (χ1n) is 9.06. The summed E-state index contributed by atoms with van der Waals surface area (Å²) in [6, 6.07) is 4.25. The van der Waals surface area contributed by atoms with Gasteiger partial charge in [-0.3, -0.25) is 14.6 Å². The van der Waals surface area contributed by atoms with E-state index in [0.29, 0.717) is 5.91 Å². The molecule has 2 fully saturated rings. The minimum atomic E-state index is 0.115. The Morgan fingerprint density at radius 2 is 1.70 bits per heavy atom. The van der Waals surface area contributed by atoms with Crippen LogP contribution in [0.4, 0.5) is 0 Å². The van der Waals surface area contributed by atoms with Crippen molar-refractivity contribution in [3.05, 3.63) is 24.5 Å². The molecule has 2 aliphatic rings. The van der Waals surface area contributed by atoms with E-state index in [-0.39, 0.29) is 6.04 Å². The minimum absolute atomic E-state index is 0.115. The number of amides is 1. The molecular weight excluding hydrogens is 288 g/mol. The van der Waals surface area contributed by atoms with Gasteiger partial charge in [-0.1, -0.05) is 12.8 Å². The lowest BCUT2D eigenvalue weighted by Gasteiger charge is -2.38. The highest BCUT2D eigenvalue weighted by molar-refractivity contribution is 5.82. The Morgan fingerprint density at radius 1 is 0.957 bits per heavy atom. The van der Waals surface area contributed by atoms with E-state index < -0.39 is 0 Å². The fourth-order valence-electron chi connectivity index (χ4n) is 3.74. The highest BCUT2D eigenvalue weighted by atomic mass is 16.2. The molecule has 0 aromatic carbocycles. The Bertz CT molecular complexity index is 479. The molecule has 1 atom stereocenters. The number of rotatable bonds is 4. The molecule has 2 aliphatic heterocycles. The van der Waals surface area contributed by atoms with Crippen LogP contribution in [-0.2, 0) is 11.3 Å². The zero-order valence-corrected chi connectivity index (χ0v) is 14.4. The third kappa shape index (κ3) is 4.36. The predicted molar refractivity (Wildman–Crippen MR) is 92.3 cm³/mol. The van der Waals surface area contributed by atoms with Gasteiger partial charge in [0.15, 0.2) is 0 Å². The molecule has 2 saturated heterocycles. The number of likely N-dealkylation sites (N-methyl/N-ethyl adjacent to an activating group) is 1. The predicted octanol–water partition coefficient (Wildman–Crippen LogP) is 1.51. The van der Waals surface area contributed by atoms with Crippen LogP contribution in [0.3, 0.4) is 0 Å². The summed E-state index contributed by atoms with van der Waals surface area (Å²) >= 11 is 0. The van der Waals surface area contributed by atoms with Gasteiger partial charge in [-0.25, -0.2) is 0 Å². The molecule has 5 nitrogen and oxygen atoms in total. The minimum Gasteiger partial charge on any atom is -0.353 e. The molecule has 5 heteroatoms. The first-order valence-corrected chi connectivity index (χ1v) is 9.06. The van der Waals surface area contributed by atoms with Crippen molar-refractivity contribution in [2.75, 3.05) is 46.3 Å². The van der Waals surface area contributed by atoms with Crippen LogP contribution in [0.15, 0.2) is 24.5 Å². The first kappa shape index (κ1) is 16.5. The Morgan fingerprint density at radius 3 is 2.43 bits per heavy atom. The Labute approximate surface area is 139 Å². The summed E-state index contributed by atoms with van der Waals surface area (Å²) in [7, 11) is 2.11. The average Bonchev–Trinajstić information content (AvgIpc) is 3.00. The van der Waals surface area contributed by atoms with Crippen LogP contribution < -0.4 is 0 Å². The van der Waals surface area contributed by atoms with E-state index in [4.69, 9.17) is 0 Å². The lowest BCUT2D eigenvalue weighted by Crippen LogP contribution is -2.54. The van der Waals surface area contributed by atoms with Crippen molar-refractivity contribution < 1.29 is 4.79 Å². The summed E-state index contributed by atoms with van der Waals surface area (Å²) in [5, 5.41) is 0. The highest BCUT2D eigenvalue weighted by Gasteiger charge is 2.30. The molecule has 0 bridgehead atoms. The molecule has 1 amide bonds. The number of likely N-dealkylation sites (tertiary alicyclic amines) is 1. The summed E-state index contributed by atoms with van der Waals surface area (Å²) < 4.78 is 2.22. The third-order valence-electron chi connectivity index (χ3n) is 5.33. The van der Waals surface area contributed by atoms with Gasteiger partial charge in [-0.2, -0.15) is 0 Å². The van der Waals surface area contributed by atoms with E-state index in [1.807, 2.05) is 0 Å². The molecular formula is C18H30N4O. The molecule has 0 saturated carbocycles. The van der Waals surface area contributed by atoms with Gasteiger partial charge in [0.1, 0.15) is 0 Å². The normalized spacial score (nSPS) is 24.6. The lowest BCUT2D eigenvalue weighted by atomic mass is 10.1. The standard InChI is InChI=1S/C18H30N4O/c1-19-8-4-2-3-7-17(19)18(23)22-15-13-21(14-16-22)12-11-20-9-5-6-10-20/h5-6,9-10,17H,2-4,7-8,11-16H2,1H3/t17-/m0/s1. The zero-order chi connectivity index (χ0) is 16.1. The van der Waals surface area contributed by atoms with Crippen molar-refractivity contribution in [3.63, 3.8) is 0 Å². The molecule has 1 aromatic heterocycles. The zero-order valence-electron chi connectivity index (χ0n) is 14.4. The van der Waals surface area contributed by atoms with Gasteiger partial charge in [-0.05, 0) is 38.6 Å². The Balaban J connectivity index is 1.45. The van der Waals surface area contributed by atoms with E-state index in [2.05, 4.69) is 50.8 Å². The number of piperazine rings is 1. The quantitative estimate of drug-likeness (QED) is 0.843. The van der Waals surface area contributed by atoms with Gasteiger partial charge in [0.05, 0.1) is 6.04 Å². The monoisotopic (exact) mass is 318 g/mol. The van der Waals surface area contributed by atoms with E-state index in [0.717, 1.165) is 52.2 Å². The van der Waals surface area contributed by atoms with Gasteiger partial charge in [-0.15, -0.1) is 0 Å². The van der Waals surface area contributed by atoms with Gasteiger partial charge >= 0.3 is 0 Å². The van der Waals surface area contributed by atoms with E-state index in [9.17, 15) is 4.79 Å². The Hall–Kier alpha value is -1.33. The maximum absolute atomic E-state index is 12.8. The van der Waals surface area contributed by atoms with Crippen molar-refractivity contribution in [3.8, 4) is 0 Å². The van der Waals surface area contributed by atoms with Crippen LogP contribution in [0.1, 0.15) is 25.7 Å². The topological polar surface area (TPSA) is 31.7 Å². The van der Waals surface area contributed by atoms with Crippen LogP contribution in [0.2, 0.25) is 0 Å². The smallest absolute Gasteiger partial charge is 0.240 e. The van der Waals surface area contributed by atoms with E-state index in [1.165, 1.54) is 19.3 Å². The number of aromatic nitrogens is 1. The molecule has 0 radical (unpaired) electrons. The third-order valence-corrected chi connectivity index (χ3v) is 5.33. The van der Waals surface area contributed by atoms with Crippen molar-refractivity contribution in [2.45, 2.75) is 38.3 Å². The maximum atomic E-state index is 12.8. The van der Waals surface area contributed by atoms with Gasteiger partial charge in [0, 0.05) is 51.7 Å². The van der Waals surface area contributed by atoms with Crippen LogP contribution >= 0.6 is 0 Å². The number of hydrogen-bond acceptors (Lipinski definition) is 3. The van der Waals surface area contributed by atoms with Crippen LogP contribution in [-0.4, -0.2) is 77.5 Å². The molecule has 0 unspecified atom stereocenters. The molecule has 23 heavy (non-hydrogen) atoms. The number of hydrogen-bond donors (Lipinski definition) is 0. The highest BCUT2D eigenvalue weighted by Crippen LogP contribution is 2.18. The molecule has 0 N–H and O–H groups in total. The SMILES string of the molecule is CN1CCCCC[C@H]1C(=O)N1CCN(CCn2cccc2)CC1. The van der Waals surface area contributed by atoms with E-state index in [1.54, 1.807) is 0 Å². The van der Waals surface area contributed by atoms with Crippen molar-refractivity contribution in [2.24, 2.45) is 0 Å². The summed E-state index contributed by atoms with van der Waals surface area (Å²) in [5.74, 6) is 0.361. The molecule has 3 rings (SSSR count). The number of carbonyl (C=O) groups excluding carboxylic acids is 1. The molecule has 3 heterocycles.